The number of benzene rings is 2. The topological polar surface area (TPSA) is 49.7 Å². The van der Waals surface area contributed by atoms with E-state index >= 15 is 0 Å². The minimum atomic E-state index is -3.78. The van der Waals surface area contributed by atoms with E-state index in [1.165, 1.54) is 0 Å². The van der Waals surface area contributed by atoms with Crippen LogP contribution in [0.3, 0.4) is 0 Å². The minimum Gasteiger partial charge on any atom is -0.352 e. The third-order valence-corrected chi connectivity index (χ3v) is 7.25. The highest BCUT2D eigenvalue weighted by Crippen LogP contribution is 2.52. The van der Waals surface area contributed by atoms with Crippen molar-refractivity contribution >= 4 is 15.9 Å². The maximum Gasteiger partial charge on any atom is 0.284 e. The Hall–Kier alpha value is -2.14. The van der Waals surface area contributed by atoms with Crippen molar-refractivity contribution in [3.8, 4) is 0 Å². The van der Waals surface area contributed by atoms with Gasteiger partial charge in [-0.1, -0.05) is 69.3 Å². The molecule has 2 aliphatic rings. The van der Waals surface area contributed by atoms with Crippen molar-refractivity contribution in [1.29, 1.82) is 0 Å². The lowest BCUT2D eigenvalue weighted by atomic mass is 9.65. The molecule has 2 atom stereocenters. The molecule has 2 aromatic rings. The molecule has 1 aliphatic heterocycles. The van der Waals surface area contributed by atoms with Gasteiger partial charge in [0.05, 0.1) is 4.90 Å². The molecule has 2 aromatic carbocycles. The second-order valence-corrected chi connectivity index (χ2v) is 11.0. The van der Waals surface area contributed by atoms with Crippen molar-refractivity contribution in [2.24, 2.45) is 15.2 Å². The molecule has 1 heterocycles. The Morgan fingerprint density at radius 1 is 0.964 bits per heavy atom. The number of amidine groups is 1. The summed E-state index contributed by atoms with van der Waals surface area (Å²) in [6.07, 6.45) is 3.30. The smallest absolute Gasteiger partial charge is 0.284 e. The maximum atomic E-state index is 13.1. The standard InChI is InChI=1S/C23H28N2O2S/c1-22(2)14-19-15-23(3,16-22)17-25(19)21(18-10-6-4-7-11-18)24-28(26,27)20-12-8-5-9-13-20/h4-13,19H,14-17H2,1-3H3/t19-,23-/m0/s1. The molecule has 28 heavy (non-hydrogen) atoms. The second kappa shape index (κ2) is 6.73. The first-order valence-electron chi connectivity index (χ1n) is 9.90. The summed E-state index contributed by atoms with van der Waals surface area (Å²) in [4.78, 5) is 2.49. The molecular weight excluding hydrogens is 368 g/mol. The van der Waals surface area contributed by atoms with Crippen molar-refractivity contribution < 1.29 is 8.42 Å². The van der Waals surface area contributed by atoms with E-state index < -0.39 is 10.0 Å². The van der Waals surface area contributed by atoms with Crippen LogP contribution in [0.1, 0.15) is 45.6 Å². The summed E-state index contributed by atoms with van der Waals surface area (Å²) in [5.41, 5.74) is 1.31. The molecule has 0 unspecified atom stereocenters. The third kappa shape index (κ3) is 3.72. The van der Waals surface area contributed by atoms with Crippen molar-refractivity contribution in [1.82, 2.24) is 4.90 Å². The fourth-order valence-electron chi connectivity index (χ4n) is 5.32. The number of rotatable bonds is 3. The lowest BCUT2D eigenvalue weighted by Crippen LogP contribution is -2.38. The molecule has 0 radical (unpaired) electrons. The van der Waals surface area contributed by atoms with E-state index in [4.69, 9.17) is 0 Å². The molecule has 5 heteroatoms. The molecule has 2 bridgehead atoms. The van der Waals surface area contributed by atoms with Gasteiger partial charge in [-0.15, -0.1) is 4.40 Å². The molecule has 0 amide bonds. The molecule has 1 saturated carbocycles. The van der Waals surface area contributed by atoms with Crippen LogP contribution in [0.2, 0.25) is 0 Å². The van der Waals surface area contributed by atoms with Crippen molar-refractivity contribution in [2.75, 3.05) is 6.54 Å². The Labute approximate surface area is 168 Å². The normalized spacial score (nSPS) is 27.0. The van der Waals surface area contributed by atoms with E-state index in [9.17, 15) is 8.42 Å². The molecule has 2 fully saturated rings. The van der Waals surface area contributed by atoms with Crippen LogP contribution < -0.4 is 0 Å². The van der Waals surface area contributed by atoms with Gasteiger partial charge in [0.1, 0.15) is 5.84 Å². The van der Waals surface area contributed by atoms with Crippen LogP contribution in [-0.4, -0.2) is 31.7 Å². The summed E-state index contributed by atoms with van der Waals surface area (Å²) in [6, 6.07) is 18.5. The zero-order valence-corrected chi connectivity index (χ0v) is 17.6. The van der Waals surface area contributed by atoms with Gasteiger partial charge in [0.25, 0.3) is 10.0 Å². The Morgan fingerprint density at radius 2 is 1.57 bits per heavy atom. The molecule has 4 nitrogen and oxygen atoms in total. The van der Waals surface area contributed by atoms with Crippen LogP contribution in [-0.2, 0) is 10.0 Å². The van der Waals surface area contributed by atoms with Gasteiger partial charge in [-0.25, -0.2) is 0 Å². The highest BCUT2D eigenvalue weighted by atomic mass is 32.2. The monoisotopic (exact) mass is 396 g/mol. The number of fused-ring (bicyclic) bond motifs is 2. The average Bonchev–Trinajstić information content (AvgIpc) is 2.90. The van der Waals surface area contributed by atoms with Gasteiger partial charge in [0.2, 0.25) is 0 Å². The van der Waals surface area contributed by atoms with Crippen LogP contribution in [0.25, 0.3) is 0 Å². The zero-order valence-electron chi connectivity index (χ0n) is 16.8. The van der Waals surface area contributed by atoms with Crippen LogP contribution in [0.4, 0.5) is 0 Å². The van der Waals surface area contributed by atoms with Gasteiger partial charge in [-0.3, -0.25) is 0 Å². The van der Waals surface area contributed by atoms with Gasteiger partial charge < -0.3 is 4.90 Å². The summed E-state index contributed by atoms with van der Waals surface area (Å²) in [7, 11) is -3.78. The van der Waals surface area contributed by atoms with Gasteiger partial charge >= 0.3 is 0 Å². The molecule has 4 rings (SSSR count). The second-order valence-electron chi connectivity index (χ2n) is 9.41. The largest absolute Gasteiger partial charge is 0.352 e. The van der Waals surface area contributed by atoms with Crippen LogP contribution in [0.15, 0.2) is 70.0 Å². The summed E-state index contributed by atoms with van der Waals surface area (Å²) < 4.78 is 30.5. The lowest BCUT2D eigenvalue weighted by molar-refractivity contribution is 0.132. The maximum absolute atomic E-state index is 13.1. The summed E-state index contributed by atoms with van der Waals surface area (Å²) in [5, 5.41) is 0. The van der Waals surface area contributed by atoms with Gasteiger partial charge in [-0.05, 0) is 42.2 Å². The summed E-state index contributed by atoms with van der Waals surface area (Å²) >= 11 is 0. The molecule has 0 N–H and O–H groups in total. The van der Waals surface area contributed by atoms with Crippen LogP contribution >= 0.6 is 0 Å². The molecule has 0 spiro atoms. The predicted octanol–water partition coefficient (Wildman–Crippen LogP) is 4.72. The fourth-order valence-corrected chi connectivity index (χ4v) is 6.37. The Balaban J connectivity index is 1.80. The summed E-state index contributed by atoms with van der Waals surface area (Å²) in [5.74, 6) is 0.580. The first-order valence-corrected chi connectivity index (χ1v) is 11.3. The Kier molecular flexibility index (Phi) is 4.61. The van der Waals surface area contributed by atoms with Gasteiger partial charge in [0, 0.05) is 18.2 Å². The highest BCUT2D eigenvalue weighted by molar-refractivity contribution is 7.90. The minimum absolute atomic E-state index is 0.193. The molecule has 1 saturated heterocycles. The number of likely N-dealkylation sites (tertiary alicyclic amines) is 1. The van der Waals surface area contributed by atoms with E-state index in [1.807, 2.05) is 36.4 Å². The third-order valence-electron chi connectivity index (χ3n) is 5.97. The van der Waals surface area contributed by atoms with E-state index in [2.05, 4.69) is 30.1 Å². The van der Waals surface area contributed by atoms with Crippen molar-refractivity contribution in [2.45, 2.75) is 51.0 Å². The van der Waals surface area contributed by atoms with Crippen LogP contribution in [0, 0.1) is 10.8 Å². The van der Waals surface area contributed by atoms with E-state index in [-0.39, 0.29) is 15.7 Å². The predicted molar refractivity (Wildman–Crippen MR) is 113 cm³/mol. The van der Waals surface area contributed by atoms with Crippen LogP contribution in [0.5, 0.6) is 0 Å². The number of nitrogens with zero attached hydrogens (tertiary/aromatic N) is 2. The first-order chi connectivity index (χ1) is 13.2. The Bertz CT molecular complexity index is 984. The van der Waals surface area contributed by atoms with Crippen molar-refractivity contribution in [3.05, 3.63) is 66.2 Å². The Morgan fingerprint density at radius 3 is 2.21 bits per heavy atom. The lowest BCUT2D eigenvalue weighted by Gasteiger charge is -2.39. The van der Waals surface area contributed by atoms with Gasteiger partial charge in [-0.2, -0.15) is 8.42 Å². The summed E-state index contributed by atoms with van der Waals surface area (Å²) in [6.45, 7) is 7.82. The first kappa shape index (κ1) is 19.2. The zero-order chi connectivity index (χ0) is 20.0. The van der Waals surface area contributed by atoms with Gasteiger partial charge in [0.15, 0.2) is 0 Å². The molecule has 0 aromatic heterocycles. The highest BCUT2D eigenvalue weighted by Gasteiger charge is 2.50. The number of hydrogen-bond acceptors (Lipinski definition) is 2. The number of sulfonamides is 1. The molecule has 1 aliphatic carbocycles. The average molecular weight is 397 g/mol. The van der Waals surface area contributed by atoms with Crippen molar-refractivity contribution in [3.63, 3.8) is 0 Å². The van der Waals surface area contributed by atoms with E-state index in [1.54, 1.807) is 24.3 Å². The quantitative estimate of drug-likeness (QED) is 0.557. The van der Waals surface area contributed by atoms with E-state index in [0.717, 1.165) is 31.4 Å². The number of hydrogen-bond donors (Lipinski definition) is 0. The van der Waals surface area contributed by atoms with E-state index in [0.29, 0.717) is 11.9 Å². The molecule has 148 valence electrons. The molecular formula is C23H28N2O2S. The fraction of sp³-hybridized carbons (Fsp3) is 0.435. The SMILES string of the molecule is CC1(C)C[C@H]2C[C@](C)(CN2C(=NS(=O)(=O)c2ccccc2)c2ccccc2)C1.